The molecule has 16 heavy (non-hydrogen) atoms. The fourth-order valence-corrected chi connectivity index (χ4v) is 1.22. The van der Waals surface area contributed by atoms with Crippen LogP contribution < -0.4 is 0 Å². The Bertz CT molecular complexity index is 390. The average molecular weight is 221 g/mol. The number of carbonyl (C=O) groups is 1. The summed E-state index contributed by atoms with van der Waals surface area (Å²) >= 11 is 0. The molecule has 0 aromatic heterocycles. The van der Waals surface area contributed by atoms with E-state index >= 15 is 0 Å². The fraction of sp³-hybridized carbons (Fsp3) is 0.333. The summed E-state index contributed by atoms with van der Waals surface area (Å²) in [4.78, 5) is 15.3. The van der Waals surface area contributed by atoms with E-state index < -0.39 is 11.6 Å². The molecule has 0 fully saturated rings. The van der Waals surface area contributed by atoms with Crippen molar-refractivity contribution in [2.75, 3.05) is 0 Å². The molecule has 86 valence electrons. The first-order valence-corrected chi connectivity index (χ1v) is 4.95. The van der Waals surface area contributed by atoms with Gasteiger partial charge < -0.3 is 9.94 Å². The van der Waals surface area contributed by atoms with Crippen LogP contribution in [0.3, 0.4) is 0 Å². The van der Waals surface area contributed by atoms with Crippen LogP contribution in [0.4, 0.5) is 0 Å². The molecule has 0 radical (unpaired) electrons. The summed E-state index contributed by atoms with van der Waals surface area (Å²) in [6, 6.07) is 9.09. The maximum absolute atomic E-state index is 10.7. The van der Waals surface area contributed by atoms with Crippen LogP contribution in [0.1, 0.15) is 26.3 Å². The van der Waals surface area contributed by atoms with Crippen LogP contribution in [0.5, 0.6) is 0 Å². The number of oxime groups is 1. The van der Waals surface area contributed by atoms with E-state index in [-0.39, 0.29) is 0 Å². The fourth-order valence-electron chi connectivity index (χ4n) is 1.22. The molecule has 0 bridgehead atoms. The Morgan fingerprint density at radius 2 is 1.88 bits per heavy atom. The van der Waals surface area contributed by atoms with Gasteiger partial charge in [0.2, 0.25) is 0 Å². The van der Waals surface area contributed by atoms with E-state index in [4.69, 9.17) is 0 Å². The molecule has 0 heterocycles. The van der Waals surface area contributed by atoms with Crippen molar-refractivity contribution in [1.29, 1.82) is 0 Å². The third-order valence-electron chi connectivity index (χ3n) is 1.89. The highest BCUT2D eigenvalue weighted by atomic mass is 16.7. The summed E-state index contributed by atoms with van der Waals surface area (Å²) in [5.41, 5.74) is -0.129. The minimum atomic E-state index is -1.17. The Morgan fingerprint density at radius 3 is 2.31 bits per heavy atom. The molecule has 0 atom stereocenters. The second-order valence-electron chi connectivity index (χ2n) is 3.95. The van der Waals surface area contributed by atoms with Gasteiger partial charge in [-0.2, -0.15) is 0 Å². The SMILES string of the molecule is CC(=O)ON=C(c1ccccc1)C(C)(C)O. The number of hydrogen-bond donors (Lipinski definition) is 1. The predicted octanol–water partition coefficient (Wildman–Crippen LogP) is 1.72. The summed E-state index contributed by atoms with van der Waals surface area (Å²) in [5.74, 6) is -0.516. The second kappa shape index (κ2) is 4.90. The van der Waals surface area contributed by atoms with Crippen molar-refractivity contribution < 1.29 is 14.7 Å². The van der Waals surface area contributed by atoms with Gasteiger partial charge >= 0.3 is 5.97 Å². The topological polar surface area (TPSA) is 58.9 Å². The van der Waals surface area contributed by atoms with Gasteiger partial charge in [-0.15, -0.1) is 0 Å². The van der Waals surface area contributed by atoms with Crippen LogP contribution in [0.15, 0.2) is 35.5 Å². The molecule has 0 aliphatic carbocycles. The van der Waals surface area contributed by atoms with Gasteiger partial charge in [-0.05, 0) is 13.8 Å². The largest absolute Gasteiger partial charge is 0.384 e. The molecule has 1 aromatic rings. The van der Waals surface area contributed by atoms with Gasteiger partial charge in [-0.1, -0.05) is 35.5 Å². The van der Waals surface area contributed by atoms with E-state index in [9.17, 15) is 9.90 Å². The highest BCUT2D eigenvalue weighted by Gasteiger charge is 2.24. The van der Waals surface area contributed by atoms with E-state index in [0.717, 1.165) is 5.56 Å². The van der Waals surface area contributed by atoms with Gasteiger partial charge in [0.25, 0.3) is 0 Å². The van der Waals surface area contributed by atoms with Crippen molar-refractivity contribution in [2.24, 2.45) is 5.16 Å². The Kier molecular flexibility index (Phi) is 3.79. The summed E-state index contributed by atoms with van der Waals surface area (Å²) < 4.78 is 0. The summed E-state index contributed by atoms with van der Waals surface area (Å²) in [6.07, 6.45) is 0. The minimum absolute atomic E-state index is 0.323. The zero-order chi connectivity index (χ0) is 12.2. The highest BCUT2D eigenvalue weighted by Crippen LogP contribution is 2.14. The molecule has 0 amide bonds. The molecule has 4 heteroatoms. The van der Waals surface area contributed by atoms with Crippen molar-refractivity contribution in [1.82, 2.24) is 0 Å². The van der Waals surface area contributed by atoms with Crippen LogP contribution in [0, 0.1) is 0 Å². The molecule has 0 aliphatic rings. The predicted molar refractivity (Wildman–Crippen MR) is 61.0 cm³/mol. The molecule has 4 nitrogen and oxygen atoms in total. The molecule has 0 unspecified atom stereocenters. The summed E-state index contributed by atoms with van der Waals surface area (Å²) in [6.45, 7) is 4.43. The summed E-state index contributed by atoms with van der Waals surface area (Å²) in [7, 11) is 0. The zero-order valence-electron chi connectivity index (χ0n) is 9.60. The Labute approximate surface area is 94.5 Å². The highest BCUT2D eigenvalue weighted by molar-refractivity contribution is 6.05. The molecule has 0 spiro atoms. The van der Waals surface area contributed by atoms with Crippen molar-refractivity contribution in [3.8, 4) is 0 Å². The molecular formula is C12H15NO3. The lowest BCUT2D eigenvalue weighted by atomic mass is 9.96. The lowest BCUT2D eigenvalue weighted by Gasteiger charge is -2.19. The van der Waals surface area contributed by atoms with Crippen LogP contribution in [0.25, 0.3) is 0 Å². The summed E-state index contributed by atoms with van der Waals surface area (Å²) in [5, 5.41) is 13.6. The lowest BCUT2D eigenvalue weighted by Crippen LogP contribution is -2.32. The van der Waals surface area contributed by atoms with E-state index in [0.29, 0.717) is 5.71 Å². The maximum Gasteiger partial charge on any atom is 0.331 e. The molecule has 0 saturated heterocycles. The van der Waals surface area contributed by atoms with E-state index in [1.54, 1.807) is 26.0 Å². The van der Waals surface area contributed by atoms with Crippen molar-refractivity contribution in [3.05, 3.63) is 35.9 Å². The van der Waals surface area contributed by atoms with Crippen molar-refractivity contribution >= 4 is 11.7 Å². The number of aliphatic hydroxyl groups is 1. The number of nitrogens with zero attached hydrogens (tertiary/aromatic N) is 1. The minimum Gasteiger partial charge on any atom is -0.384 e. The smallest absolute Gasteiger partial charge is 0.331 e. The molecule has 1 N–H and O–H groups in total. The van der Waals surface area contributed by atoms with Gasteiger partial charge in [-0.25, -0.2) is 4.79 Å². The van der Waals surface area contributed by atoms with Crippen LogP contribution in [-0.2, 0) is 9.63 Å². The van der Waals surface area contributed by atoms with Gasteiger partial charge in [0.05, 0.1) is 0 Å². The maximum atomic E-state index is 10.7. The van der Waals surface area contributed by atoms with Crippen LogP contribution in [0.2, 0.25) is 0 Å². The second-order valence-corrected chi connectivity index (χ2v) is 3.95. The molecule has 1 rings (SSSR count). The number of rotatable bonds is 3. The van der Waals surface area contributed by atoms with E-state index in [1.165, 1.54) is 6.92 Å². The molecular weight excluding hydrogens is 206 g/mol. The third kappa shape index (κ3) is 3.47. The van der Waals surface area contributed by atoms with E-state index in [2.05, 4.69) is 9.99 Å². The van der Waals surface area contributed by atoms with Crippen LogP contribution in [-0.4, -0.2) is 22.4 Å². The average Bonchev–Trinajstić information content (AvgIpc) is 2.17. The Balaban J connectivity index is 3.07. The Hall–Kier alpha value is -1.68. The first kappa shape index (κ1) is 12.4. The third-order valence-corrected chi connectivity index (χ3v) is 1.89. The van der Waals surface area contributed by atoms with Gasteiger partial charge in [0.1, 0.15) is 11.3 Å². The van der Waals surface area contributed by atoms with Crippen molar-refractivity contribution in [2.45, 2.75) is 26.4 Å². The first-order valence-electron chi connectivity index (χ1n) is 4.95. The van der Waals surface area contributed by atoms with Gasteiger partial charge in [0, 0.05) is 12.5 Å². The number of benzene rings is 1. The van der Waals surface area contributed by atoms with Gasteiger partial charge in [0.15, 0.2) is 0 Å². The lowest BCUT2D eigenvalue weighted by molar-refractivity contribution is -0.141. The normalized spacial score (nSPS) is 12.4. The number of hydrogen-bond acceptors (Lipinski definition) is 4. The first-order chi connectivity index (χ1) is 7.41. The molecule has 0 saturated carbocycles. The monoisotopic (exact) mass is 221 g/mol. The standard InChI is InChI=1S/C12H15NO3/c1-9(14)16-13-11(12(2,3)15)10-7-5-4-6-8-10/h4-8,15H,1-3H3. The number of carbonyl (C=O) groups excluding carboxylic acids is 1. The molecule has 0 aliphatic heterocycles. The van der Waals surface area contributed by atoms with Crippen molar-refractivity contribution in [3.63, 3.8) is 0 Å². The zero-order valence-corrected chi connectivity index (χ0v) is 9.60. The quantitative estimate of drug-likeness (QED) is 0.480. The van der Waals surface area contributed by atoms with E-state index in [1.807, 2.05) is 18.2 Å². The van der Waals surface area contributed by atoms with Gasteiger partial charge in [-0.3, -0.25) is 0 Å². The Morgan fingerprint density at radius 1 is 1.31 bits per heavy atom. The molecule has 1 aromatic carbocycles. The van der Waals surface area contributed by atoms with Crippen LogP contribution >= 0.6 is 0 Å².